The van der Waals surface area contributed by atoms with Gasteiger partial charge in [0.25, 0.3) is 0 Å². The summed E-state index contributed by atoms with van der Waals surface area (Å²) in [6.07, 6.45) is 0.366. The zero-order valence-electron chi connectivity index (χ0n) is 13.4. The first-order valence-corrected chi connectivity index (χ1v) is 8.01. The summed E-state index contributed by atoms with van der Waals surface area (Å²) in [5, 5.41) is 9.09. The van der Waals surface area contributed by atoms with Crippen LogP contribution in [-0.4, -0.2) is 45.2 Å². The number of nitrogens with zero attached hydrogens (tertiary/aromatic N) is 1. The van der Waals surface area contributed by atoms with Gasteiger partial charge in [0, 0.05) is 36.8 Å². The molecule has 23 heavy (non-hydrogen) atoms. The number of ether oxygens (including phenoxy) is 1. The first-order chi connectivity index (χ1) is 10.7. The largest absolute Gasteiger partial charge is 0.383 e. The molecule has 1 aromatic rings. The molecule has 0 atom stereocenters. The Labute approximate surface area is 163 Å². The van der Waals surface area contributed by atoms with Crippen LogP contribution in [0.5, 0.6) is 0 Å². The summed E-state index contributed by atoms with van der Waals surface area (Å²) in [5.74, 6) is 0.651. The Morgan fingerprint density at radius 2 is 1.96 bits per heavy atom. The quantitative estimate of drug-likeness (QED) is 0.223. The van der Waals surface area contributed by atoms with Gasteiger partial charge < -0.3 is 20.7 Å². The molecule has 0 aromatic heterocycles. The van der Waals surface area contributed by atoms with E-state index in [1.165, 1.54) is 0 Å². The summed E-state index contributed by atoms with van der Waals surface area (Å²) in [4.78, 5) is 16.2. The Kier molecular flexibility index (Phi) is 13.0. The number of hydrogen-bond donors (Lipinski definition) is 3. The smallest absolute Gasteiger partial charge is 0.226 e. The van der Waals surface area contributed by atoms with Crippen molar-refractivity contribution >= 4 is 57.5 Å². The van der Waals surface area contributed by atoms with Gasteiger partial charge in [-0.2, -0.15) is 0 Å². The van der Waals surface area contributed by atoms with E-state index in [1.54, 1.807) is 7.11 Å². The highest BCUT2D eigenvalue weighted by Gasteiger charge is 2.03. The molecule has 0 radical (unpaired) electrons. The lowest BCUT2D eigenvalue weighted by atomic mass is 10.3. The number of methoxy groups -OCH3 is 1. The summed E-state index contributed by atoms with van der Waals surface area (Å²) in [5.41, 5.74) is 0.786. The highest BCUT2D eigenvalue weighted by atomic mass is 127. The van der Waals surface area contributed by atoms with E-state index in [9.17, 15) is 4.79 Å². The van der Waals surface area contributed by atoms with Gasteiger partial charge in [-0.1, -0.05) is 15.9 Å². The Hall–Kier alpha value is -0.870. The zero-order valence-corrected chi connectivity index (χ0v) is 17.3. The number of carbonyl (C=O) groups is 1. The molecule has 0 bridgehead atoms. The van der Waals surface area contributed by atoms with Crippen molar-refractivity contribution in [3.05, 3.63) is 28.7 Å². The van der Waals surface area contributed by atoms with Crippen LogP contribution in [0.3, 0.4) is 0 Å². The van der Waals surface area contributed by atoms with E-state index < -0.39 is 0 Å². The van der Waals surface area contributed by atoms with Crippen LogP contribution in [0, 0.1) is 0 Å². The molecule has 3 N–H and O–H groups in total. The van der Waals surface area contributed by atoms with Crippen molar-refractivity contribution in [2.45, 2.75) is 13.3 Å². The fourth-order valence-electron chi connectivity index (χ4n) is 1.64. The molecule has 8 heteroatoms. The summed E-state index contributed by atoms with van der Waals surface area (Å²) < 4.78 is 5.94. The van der Waals surface area contributed by atoms with E-state index in [0.29, 0.717) is 32.1 Å². The van der Waals surface area contributed by atoms with E-state index in [4.69, 9.17) is 4.74 Å². The minimum atomic E-state index is -0.0393. The summed E-state index contributed by atoms with van der Waals surface area (Å²) >= 11 is 3.36. The van der Waals surface area contributed by atoms with Gasteiger partial charge in [-0.05, 0) is 31.2 Å². The third-order valence-corrected chi connectivity index (χ3v) is 3.21. The summed E-state index contributed by atoms with van der Waals surface area (Å²) in [7, 11) is 1.64. The molecule has 6 nitrogen and oxygen atoms in total. The van der Waals surface area contributed by atoms with E-state index in [0.717, 1.165) is 16.7 Å². The first-order valence-electron chi connectivity index (χ1n) is 7.22. The second kappa shape index (κ2) is 13.6. The second-order valence-electron chi connectivity index (χ2n) is 4.49. The van der Waals surface area contributed by atoms with Crippen LogP contribution < -0.4 is 16.0 Å². The van der Waals surface area contributed by atoms with Crippen molar-refractivity contribution in [3.8, 4) is 0 Å². The number of aliphatic imine (C=N–C) groups is 1. The minimum absolute atomic E-state index is 0. The average Bonchev–Trinajstić information content (AvgIpc) is 2.50. The van der Waals surface area contributed by atoms with Crippen LogP contribution in [0.2, 0.25) is 0 Å². The molecule has 1 rings (SSSR count). The third-order valence-electron chi connectivity index (χ3n) is 2.68. The van der Waals surface area contributed by atoms with Crippen LogP contribution in [0.4, 0.5) is 5.69 Å². The lowest BCUT2D eigenvalue weighted by Crippen LogP contribution is -2.39. The number of amides is 1. The Morgan fingerprint density at radius 3 is 2.57 bits per heavy atom. The van der Waals surface area contributed by atoms with Gasteiger partial charge in [0.1, 0.15) is 0 Å². The molecule has 0 saturated carbocycles. The molecule has 0 fully saturated rings. The number of benzene rings is 1. The van der Waals surface area contributed by atoms with Gasteiger partial charge in [0.2, 0.25) is 5.91 Å². The number of rotatable bonds is 8. The molecule has 0 aliphatic carbocycles. The van der Waals surface area contributed by atoms with Crippen LogP contribution in [0.15, 0.2) is 33.7 Å². The van der Waals surface area contributed by atoms with E-state index in [2.05, 4.69) is 36.9 Å². The molecule has 130 valence electrons. The monoisotopic (exact) mass is 498 g/mol. The first kappa shape index (κ1) is 22.1. The summed E-state index contributed by atoms with van der Waals surface area (Å²) in [6, 6.07) is 7.48. The molecule has 0 unspecified atom stereocenters. The maximum absolute atomic E-state index is 11.9. The molecular formula is C15H24BrIN4O2. The molecule has 0 saturated heterocycles. The lowest BCUT2D eigenvalue weighted by Gasteiger charge is -2.11. The molecule has 0 aliphatic heterocycles. The molecule has 1 amide bonds. The average molecular weight is 499 g/mol. The van der Waals surface area contributed by atoms with Gasteiger partial charge >= 0.3 is 0 Å². The maximum atomic E-state index is 11.9. The Bertz CT molecular complexity index is 483. The number of carbonyl (C=O) groups excluding carboxylic acids is 1. The second-order valence-corrected chi connectivity index (χ2v) is 5.40. The molecule has 1 aromatic carbocycles. The fraction of sp³-hybridized carbons (Fsp3) is 0.467. The van der Waals surface area contributed by atoms with Crippen molar-refractivity contribution in [2.24, 2.45) is 4.99 Å². The van der Waals surface area contributed by atoms with Crippen molar-refractivity contribution in [1.29, 1.82) is 0 Å². The minimum Gasteiger partial charge on any atom is -0.383 e. The SMILES string of the molecule is CCNC(=NCCOC)NCCC(=O)Nc1ccc(Br)cc1.I. The van der Waals surface area contributed by atoms with Crippen LogP contribution in [0.25, 0.3) is 0 Å². The zero-order chi connectivity index (χ0) is 16.2. The Balaban J connectivity index is 0.00000484. The van der Waals surface area contributed by atoms with Crippen molar-refractivity contribution < 1.29 is 9.53 Å². The molecule has 0 heterocycles. The number of hydrogen-bond acceptors (Lipinski definition) is 3. The third kappa shape index (κ3) is 10.5. The number of nitrogens with one attached hydrogen (secondary N) is 3. The Morgan fingerprint density at radius 1 is 1.26 bits per heavy atom. The van der Waals surface area contributed by atoms with Gasteiger partial charge in [0.05, 0.1) is 13.2 Å². The van der Waals surface area contributed by atoms with E-state index in [1.807, 2.05) is 31.2 Å². The predicted molar refractivity (Wildman–Crippen MR) is 109 cm³/mol. The fourth-order valence-corrected chi connectivity index (χ4v) is 1.91. The van der Waals surface area contributed by atoms with E-state index in [-0.39, 0.29) is 29.9 Å². The van der Waals surface area contributed by atoms with Crippen molar-refractivity contribution in [1.82, 2.24) is 10.6 Å². The van der Waals surface area contributed by atoms with E-state index >= 15 is 0 Å². The van der Waals surface area contributed by atoms with Crippen LogP contribution in [0.1, 0.15) is 13.3 Å². The standard InChI is InChI=1S/C15H23BrN4O2.HI/c1-3-17-15(19-10-11-22-2)18-9-8-14(21)20-13-6-4-12(16)5-7-13;/h4-7H,3,8-11H2,1-2H3,(H,20,21)(H2,17,18,19);1H. The summed E-state index contributed by atoms with van der Waals surface area (Å²) in [6.45, 7) is 4.43. The normalized spacial score (nSPS) is 10.7. The highest BCUT2D eigenvalue weighted by Crippen LogP contribution is 2.14. The number of halogens is 2. The van der Waals surface area contributed by atoms with Gasteiger partial charge in [0.15, 0.2) is 5.96 Å². The van der Waals surface area contributed by atoms with Crippen LogP contribution >= 0.6 is 39.9 Å². The topological polar surface area (TPSA) is 74.8 Å². The van der Waals surface area contributed by atoms with Gasteiger partial charge in [-0.3, -0.25) is 9.79 Å². The van der Waals surface area contributed by atoms with Crippen molar-refractivity contribution in [2.75, 3.05) is 38.7 Å². The van der Waals surface area contributed by atoms with Crippen molar-refractivity contribution in [3.63, 3.8) is 0 Å². The predicted octanol–water partition coefficient (Wildman–Crippen LogP) is 2.60. The highest BCUT2D eigenvalue weighted by molar-refractivity contribution is 14.0. The maximum Gasteiger partial charge on any atom is 0.226 e. The number of guanidine groups is 1. The van der Waals surface area contributed by atoms with Gasteiger partial charge in [-0.15, -0.1) is 24.0 Å². The molecule has 0 spiro atoms. The van der Waals surface area contributed by atoms with Crippen LogP contribution in [-0.2, 0) is 9.53 Å². The molecule has 0 aliphatic rings. The van der Waals surface area contributed by atoms with Gasteiger partial charge in [-0.25, -0.2) is 0 Å². The molecular weight excluding hydrogens is 475 g/mol. The number of anilines is 1. The lowest BCUT2D eigenvalue weighted by molar-refractivity contribution is -0.116.